The molecule has 2 amide bonds. The maximum absolute atomic E-state index is 12.4. The largest absolute Gasteiger partial charge is 0.484 e. The van der Waals surface area contributed by atoms with Gasteiger partial charge in [0.2, 0.25) is 10.0 Å². The third kappa shape index (κ3) is 8.46. The Hall–Kier alpha value is -4.18. The molecule has 0 unspecified atom stereocenters. The average molecular weight is 523 g/mol. The number of hydrogen-bond donors (Lipinski definition) is 2. The lowest BCUT2D eigenvalue weighted by Gasteiger charge is -2.23. The van der Waals surface area contributed by atoms with Crippen LogP contribution in [0.3, 0.4) is 0 Å². The van der Waals surface area contributed by atoms with E-state index in [1.165, 1.54) is 6.21 Å². The van der Waals surface area contributed by atoms with Crippen LogP contribution in [-0.2, 0) is 26.0 Å². The predicted molar refractivity (Wildman–Crippen MR) is 145 cm³/mol. The quantitative estimate of drug-likeness (QED) is 0.295. The summed E-state index contributed by atoms with van der Waals surface area (Å²) in [5, 5.41) is 6.68. The van der Waals surface area contributed by atoms with Gasteiger partial charge in [-0.05, 0) is 66.9 Å². The fraction of sp³-hybridized carbons (Fsp3) is 0.222. The molecule has 0 aliphatic heterocycles. The molecule has 37 heavy (non-hydrogen) atoms. The van der Waals surface area contributed by atoms with Crippen molar-refractivity contribution in [1.82, 2.24) is 5.43 Å². The zero-order valence-electron chi connectivity index (χ0n) is 21.0. The molecule has 3 aromatic rings. The van der Waals surface area contributed by atoms with Crippen molar-refractivity contribution in [3.63, 3.8) is 0 Å². The second kappa shape index (κ2) is 12.7. The smallest absolute Gasteiger partial charge is 0.262 e. The number of nitrogens with zero attached hydrogens (tertiary/aromatic N) is 2. The third-order valence-corrected chi connectivity index (χ3v) is 6.44. The van der Waals surface area contributed by atoms with Gasteiger partial charge >= 0.3 is 0 Å². The Bertz CT molecular complexity index is 1350. The summed E-state index contributed by atoms with van der Waals surface area (Å²) in [5.74, 6) is -0.354. The first kappa shape index (κ1) is 27.4. The van der Waals surface area contributed by atoms with Crippen molar-refractivity contribution in [1.29, 1.82) is 0 Å². The van der Waals surface area contributed by atoms with Crippen LogP contribution < -0.4 is 19.8 Å². The molecule has 0 saturated heterocycles. The number of carbonyl (C=O) groups excluding carboxylic acids is 2. The van der Waals surface area contributed by atoms with Crippen LogP contribution in [0.15, 0.2) is 77.9 Å². The molecule has 0 aliphatic carbocycles. The molecular formula is C27H30N4O5S. The molecule has 0 atom stereocenters. The fourth-order valence-corrected chi connectivity index (χ4v) is 4.30. The maximum Gasteiger partial charge on any atom is 0.262 e. The maximum atomic E-state index is 12.4. The number of aryl methyl sites for hydroxylation is 2. The van der Waals surface area contributed by atoms with Gasteiger partial charge in [0, 0.05) is 5.69 Å². The lowest BCUT2D eigenvalue weighted by Crippen LogP contribution is -2.39. The van der Waals surface area contributed by atoms with Crippen LogP contribution in [-0.4, -0.2) is 45.9 Å². The summed E-state index contributed by atoms with van der Waals surface area (Å²) in [4.78, 5) is 24.5. The summed E-state index contributed by atoms with van der Waals surface area (Å²) in [6, 6.07) is 21.3. The molecule has 3 rings (SSSR count). The zero-order valence-corrected chi connectivity index (χ0v) is 21.8. The minimum atomic E-state index is -3.68. The molecule has 9 nitrogen and oxygen atoms in total. The first-order valence-electron chi connectivity index (χ1n) is 11.6. The predicted octanol–water partition coefficient (Wildman–Crippen LogP) is 3.49. The molecule has 0 aromatic heterocycles. The summed E-state index contributed by atoms with van der Waals surface area (Å²) in [6.45, 7) is 3.34. The number of rotatable bonds is 11. The van der Waals surface area contributed by atoms with Gasteiger partial charge in [0.1, 0.15) is 12.3 Å². The molecule has 0 bridgehead atoms. The number of amides is 2. The summed E-state index contributed by atoms with van der Waals surface area (Å²) in [7, 11) is -3.68. The van der Waals surface area contributed by atoms with Gasteiger partial charge in [-0.2, -0.15) is 5.10 Å². The van der Waals surface area contributed by atoms with Crippen molar-refractivity contribution in [2.24, 2.45) is 5.10 Å². The molecule has 10 heteroatoms. The van der Waals surface area contributed by atoms with Gasteiger partial charge in [-0.25, -0.2) is 13.8 Å². The van der Waals surface area contributed by atoms with Gasteiger partial charge in [0.05, 0.1) is 18.2 Å². The van der Waals surface area contributed by atoms with Crippen LogP contribution in [0, 0.1) is 6.92 Å². The first-order chi connectivity index (χ1) is 17.7. The van der Waals surface area contributed by atoms with E-state index in [9.17, 15) is 18.0 Å². The van der Waals surface area contributed by atoms with Crippen LogP contribution in [0.4, 0.5) is 11.4 Å². The Morgan fingerprint density at radius 1 is 0.973 bits per heavy atom. The Balaban J connectivity index is 1.51. The summed E-state index contributed by atoms with van der Waals surface area (Å²) in [6.07, 6.45) is 3.11. The van der Waals surface area contributed by atoms with E-state index in [1.54, 1.807) is 36.4 Å². The van der Waals surface area contributed by atoms with Crippen molar-refractivity contribution in [2.75, 3.05) is 29.0 Å². The SMILES string of the molecule is CCc1ccccc1N(CC(=O)N/N=C/c1ccc(OCC(=O)Nc2ccc(C)cc2)cc1)S(C)(=O)=O. The summed E-state index contributed by atoms with van der Waals surface area (Å²) in [5.41, 5.74) is 6.12. The standard InChI is InChI=1S/C27H30N4O5S/c1-4-22-7-5-6-8-25(22)31(37(3,34)35)18-26(32)30-28-17-21-11-15-24(16-12-21)36-19-27(33)29-23-13-9-20(2)10-14-23/h5-17H,4,18-19H2,1-3H3,(H,29,33)(H,30,32)/b28-17+. The summed E-state index contributed by atoms with van der Waals surface area (Å²) < 4.78 is 31.2. The van der Waals surface area contributed by atoms with Crippen LogP contribution in [0.25, 0.3) is 0 Å². The lowest BCUT2D eigenvalue weighted by molar-refractivity contribution is -0.119. The molecule has 0 aliphatic rings. The number of para-hydroxylation sites is 1. The second-order valence-corrected chi connectivity index (χ2v) is 10.2. The Kier molecular flexibility index (Phi) is 9.39. The number of hydrogen-bond acceptors (Lipinski definition) is 6. The molecule has 0 fully saturated rings. The highest BCUT2D eigenvalue weighted by molar-refractivity contribution is 7.92. The van der Waals surface area contributed by atoms with Crippen molar-refractivity contribution in [3.8, 4) is 5.75 Å². The number of anilines is 2. The topological polar surface area (TPSA) is 117 Å². The molecule has 2 N–H and O–H groups in total. The van der Waals surface area contributed by atoms with Gasteiger partial charge < -0.3 is 10.1 Å². The lowest BCUT2D eigenvalue weighted by atomic mass is 10.1. The van der Waals surface area contributed by atoms with E-state index >= 15 is 0 Å². The van der Waals surface area contributed by atoms with Crippen LogP contribution in [0.1, 0.15) is 23.6 Å². The molecule has 0 spiro atoms. The molecule has 0 radical (unpaired) electrons. The van der Waals surface area contributed by atoms with E-state index in [-0.39, 0.29) is 12.5 Å². The van der Waals surface area contributed by atoms with Crippen LogP contribution in [0.2, 0.25) is 0 Å². The number of nitrogens with one attached hydrogen (secondary N) is 2. The molecule has 194 valence electrons. The van der Waals surface area contributed by atoms with Crippen molar-refractivity contribution in [3.05, 3.63) is 89.5 Å². The number of hydrazone groups is 1. The zero-order chi connectivity index (χ0) is 26.8. The first-order valence-corrected chi connectivity index (χ1v) is 13.5. The number of carbonyl (C=O) groups is 2. The minimum absolute atomic E-state index is 0.143. The molecule has 0 heterocycles. The monoisotopic (exact) mass is 522 g/mol. The van der Waals surface area contributed by atoms with Crippen molar-refractivity contribution in [2.45, 2.75) is 20.3 Å². The molecule has 3 aromatic carbocycles. The Morgan fingerprint density at radius 3 is 2.30 bits per heavy atom. The van der Waals surface area contributed by atoms with E-state index in [0.717, 1.165) is 21.7 Å². The van der Waals surface area contributed by atoms with E-state index in [0.29, 0.717) is 29.1 Å². The summed E-state index contributed by atoms with van der Waals surface area (Å²) >= 11 is 0. The van der Waals surface area contributed by atoms with Crippen LogP contribution in [0.5, 0.6) is 5.75 Å². The van der Waals surface area contributed by atoms with Crippen LogP contribution >= 0.6 is 0 Å². The number of sulfonamides is 1. The number of benzene rings is 3. The molecule has 0 saturated carbocycles. The average Bonchev–Trinajstić information content (AvgIpc) is 2.87. The highest BCUT2D eigenvalue weighted by atomic mass is 32.2. The van der Waals surface area contributed by atoms with Gasteiger partial charge in [-0.3, -0.25) is 13.9 Å². The Morgan fingerprint density at radius 2 is 1.65 bits per heavy atom. The fourth-order valence-electron chi connectivity index (χ4n) is 3.41. The van der Waals surface area contributed by atoms with E-state index < -0.39 is 22.5 Å². The van der Waals surface area contributed by atoms with E-state index in [2.05, 4.69) is 15.8 Å². The van der Waals surface area contributed by atoms with E-state index in [4.69, 9.17) is 4.74 Å². The highest BCUT2D eigenvalue weighted by Gasteiger charge is 2.22. The van der Waals surface area contributed by atoms with Gasteiger partial charge in [-0.15, -0.1) is 0 Å². The van der Waals surface area contributed by atoms with Crippen molar-refractivity contribution < 1.29 is 22.7 Å². The Labute approximate surface area is 217 Å². The minimum Gasteiger partial charge on any atom is -0.484 e. The molecular weight excluding hydrogens is 492 g/mol. The highest BCUT2D eigenvalue weighted by Crippen LogP contribution is 2.23. The normalized spacial score (nSPS) is 11.2. The van der Waals surface area contributed by atoms with Crippen molar-refractivity contribution >= 4 is 39.4 Å². The van der Waals surface area contributed by atoms with Gasteiger partial charge in [0.25, 0.3) is 11.8 Å². The second-order valence-electron chi connectivity index (χ2n) is 8.32. The third-order valence-electron chi connectivity index (χ3n) is 5.32. The number of ether oxygens (including phenoxy) is 1. The van der Waals surface area contributed by atoms with E-state index in [1.807, 2.05) is 50.2 Å². The van der Waals surface area contributed by atoms with Gasteiger partial charge in [-0.1, -0.05) is 42.8 Å². The van der Waals surface area contributed by atoms with Gasteiger partial charge in [0.15, 0.2) is 6.61 Å².